The predicted octanol–water partition coefficient (Wildman–Crippen LogP) is 4.69. The molecule has 0 atom stereocenters. The second-order valence-corrected chi connectivity index (χ2v) is 8.20. The number of amides is 1. The molecule has 136 valence electrons. The van der Waals surface area contributed by atoms with E-state index in [4.69, 9.17) is 10.1 Å². The van der Waals surface area contributed by atoms with Gasteiger partial charge in [0.2, 0.25) is 0 Å². The van der Waals surface area contributed by atoms with E-state index < -0.39 is 11.7 Å². The van der Waals surface area contributed by atoms with E-state index in [1.807, 2.05) is 18.2 Å². The van der Waals surface area contributed by atoms with E-state index >= 15 is 0 Å². The zero-order valence-corrected chi connectivity index (χ0v) is 16.6. The highest BCUT2D eigenvalue weighted by Gasteiger charge is 2.30. The van der Waals surface area contributed by atoms with Crippen LogP contribution < -0.4 is 5.32 Å². The van der Waals surface area contributed by atoms with Gasteiger partial charge < -0.3 is 10.1 Å². The number of nitrogens with zero attached hydrogens (tertiary/aromatic N) is 2. The summed E-state index contributed by atoms with van der Waals surface area (Å²) in [6.07, 6.45) is 4.54. The number of fused-ring (bicyclic) bond motifs is 1. The Balaban J connectivity index is 1.92. The van der Waals surface area contributed by atoms with Crippen LogP contribution in [-0.2, 0) is 4.74 Å². The highest BCUT2D eigenvalue weighted by molar-refractivity contribution is 9.10. The van der Waals surface area contributed by atoms with Crippen molar-refractivity contribution in [2.24, 2.45) is 5.92 Å². The molecule has 0 saturated heterocycles. The van der Waals surface area contributed by atoms with Crippen molar-refractivity contribution in [1.29, 1.82) is 5.41 Å². The van der Waals surface area contributed by atoms with Crippen LogP contribution in [0.4, 0.5) is 4.79 Å². The molecule has 1 amide bonds. The number of alkyl carbamates (subject to hydrolysis) is 1. The summed E-state index contributed by atoms with van der Waals surface area (Å²) in [6, 6.07) is 5.67. The number of rotatable bonds is 4. The molecule has 7 heteroatoms. The lowest BCUT2D eigenvalue weighted by molar-refractivity contribution is 0.0552. The lowest BCUT2D eigenvalue weighted by Gasteiger charge is -2.19. The van der Waals surface area contributed by atoms with Gasteiger partial charge in [-0.15, -0.1) is 0 Å². The normalized spacial score (nSPS) is 15.0. The smallest absolute Gasteiger partial charge is 0.411 e. The van der Waals surface area contributed by atoms with Crippen molar-refractivity contribution in [2.45, 2.75) is 39.2 Å². The van der Waals surface area contributed by atoms with Crippen molar-refractivity contribution >= 4 is 44.3 Å². The first kappa shape index (κ1) is 18.5. The minimum Gasteiger partial charge on any atom is -0.444 e. The fourth-order valence-electron chi connectivity index (χ4n) is 2.43. The molecule has 0 spiro atoms. The second kappa shape index (κ2) is 7.15. The summed E-state index contributed by atoms with van der Waals surface area (Å²) in [6.45, 7) is 5.41. The van der Waals surface area contributed by atoms with Crippen LogP contribution >= 0.6 is 15.9 Å². The lowest BCUT2D eigenvalue weighted by Crippen LogP contribution is -2.30. The van der Waals surface area contributed by atoms with Crippen molar-refractivity contribution in [1.82, 2.24) is 15.3 Å². The highest BCUT2D eigenvalue weighted by atomic mass is 79.9. The summed E-state index contributed by atoms with van der Waals surface area (Å²) < 4.78 is 6.17. The molecule has 0 aliphatic heterocycles. The monoisotopic (exact) mass is 416 g/mol. The van der Waals surface area contributed by atoms with Crippen molar-refractivity contribution in [3.05, 3.63) is 40.8 Å². The molecule has 26 heavy (non-hydrogen) atoms. The second-order valence-electron chi connectivity index (χ2n) is 7.28. The molecule has 1 saturated carbocycles. The average molecular weight is 417 g/mol. The summed E-state index contributed by atoms with van der Waals surface area (Å²) in [5, 5.41) is 11.1. The first-order chi connectivity index (χ1) is 12.2. The molecule has 1 aliphatic carbocycles. The van der Waals surface area contributed by atoms with Crippen LogP contribution in [-0.4, -0.2) is 27.4 Å². The van der Waals surface area contributed by atoms with Gasteiger partial charge in [-0.3, -0.25) is 10.3 Å². The van der Waals surface area contributed by atoms with Crippen LogP contribution in [0.2, 0.25) is 0 Å². The zero-order valence-electron chi connectivity index (χ0n) is 15.0. The van der Waals surface area contributed by atoms with E-state index in [1.54, 1.807) is 27.0 Å². The fraction of sp³-hybridized carbons (Fsp3) is 0.368. The van der Waals surface area contributed by atoms with E-state index in [2.05, 4.69) is 31.2 Å². The van der Waals surface area contributed by atoms with Gasteiger partial charge in [0.05, 0.1) is 22.9 Å². The third-order valence-electron chi connectivity index (χ3n) is 3.79. The number of nitrogens with one attached hydrogen (secondary N) is 2. The van der Waals surface area contributed by atoms with Crippen LogP contribution in [0.1, 0.15) is 39.3 Å². The number of benzene rings is 1. The number of carbonyl (C=O) groups is 1. The van der Waals surface area contributed by atoms with Gasteiger partial charge in [-0.2, -0.15) is 0 Å². The zero-order chi connectivity index (χ0) is 18.9. The third-order valence-corrected chi connectivity index (χ3v) is 4.28. The molecule has 1 aliphatic rings. The molecular formula is C19H21BrN4O2. The summed E-state index contributed by atoms with van der Waals surface area (Å²) >= 11 is 3.44. The van der Waals surface area contributed by atoms with Crippen LogP contribution in [0.3, 0.4) is 0 Å². The molecule has 1 heterocycles. The van der Waals surface area contributed by atoms with Crippen molar-refractivity contribution in [3.63, 3.8) is 0 Å². The van der Waals surface area contributed by atoms with E-state index in [0.29, 0.717) is 17.0 Å². The molecule has 2 N–H and O–H groups in total. The maximum absolute atomic E-state index is 12.0. The molecular weight excluding hydrogens is 396 g/mol. The van der Waals surface area contributed by atoms with E-state index in [1.165, 1.54) is 6.20 Å². The highest BCUT2D eigenvalue weighted by Crippen LogP contribution is 2.35. The number of allylic oxidation sites excluding steroid dienone is 1. The standard InChI is InChI=1S/C19H21BrN4O2/c1-19(2,3)26-18(25)23-9-13(17(21)11-4-5-11)16-10-22-14-7-6-12(20)8-15(14)24-16/h6-11,21H,4-5H2,1-3H3,(H,23,25)/b13-9-,21-17?. The van der Waals surface area contributed by atoms with Gasteiger partial charge in [0.15, 0.2) is 0 Å². The van der Waals surface area contributed by atoms with E-state index in [9.17, 15) is 4.79 Å². The predicted molar refractivity (Wildman–Crippen MR) is 105 cm³/mol. The molecule has 1 aromatic heterocycles. The first-order valence-electron chi connectivity index (χ1n) is 8.44. The Bertz CT molecular complexity index is 898. The Morgan fingerprint density at radius 1 is 1.35 bits per heavy atom. The fourth-order valence-corrected chi connectivity index (χ4v) is 2.78. The number of halogens is 1. The largest absolute Gasteiger partial charge is 0.444 e. The first-order valence-corrected chi connectivity index (χ1v) is 9.23. The molecule has 0 radical (unpaired) electrons. The van der Waals surface area contributed by atoms with Crippen LogP contribution in [0.25, 0.3) is 16.6 Å². The van der Waals surface area contributed by atoms with Crippen molar-refractivity contribution < 1.29 is 9.53 Å². The maximum atomic E-state index is 12.0. The molecule has 0 bridgehead atoms. The minimum absolute atomic E-state index is 0.210. The van der Waals surface area contributed by atoms with E-state index in [-0.39, 0.29) is 5.92 Å². The Hall–Kier alpha value is -2.28. The average Bonchev–Trinajstić information content (AvgIpc) is 3.37. The summed E-state index contributed by atoms with van der Waals surface area (Å²) in [5.74, 6) is 0.210. The number of aromatic nitrogens is 2. The van der Waals surface area contributed by atoms with Crippen molar-refractivity contribution in [3.8, 4) is 0 Å². The minimum atomic E-state index is -0.586. The quantitative estimate of drug-likeness (QED) is 0.707. The summed E-state index contributed by atoms with van der Waals surface area (Å²) in [4.78, 5) is 21.0. The summed E-state index contributed by atoms with van der Waals surface area (Å²) in [7, 11) is 0. The SMILES string of the molecule is CC(C)(C)OC(=O)N/C=C(\C(=N)C1CC1)c1cnc2ccc(Br)cc2n1. The van der Waals surface area contributed by atoms with Gasteiger partial charge >= 0.3 is 6.09 Å². The van der Waals surface area contributed by atoms with Crippen LogP contribution in [0.5, 0.6) is 0 Å². The van der Waals surface area contributed by atoms with Gasteiger partial charge in [0.25, 0.3) is 0 Å². The van der Waals surface area contributed by atoms with Crippen LogP contribution in [0, 0.1) is 11.3 Å². The Kier molecular flexibility index (Phi) is 5.09. The molecule has 3 rings (SSSR count). The maximum Gasteiger partial charge on any atom is 0.411 e. The number of hydrogen-bond acceptors (Lipinski definition) is 5. The molecule has 2 aromatic rings. The topological polar surface area (TPSA) is 88.0 Å². The number of hydrogen-bond donors (Lipinski definition) is 2. The van der Waals surface area contributed by atoms with E-state index in [0.717, 1.165) is 28.3 Å². The molecule has 1 fully saturated rings. The van der Waals surface area contributed by atoms with Gasteiger partial charge in [0, 0.05) is 27.9 Å². The Labute approximate surface area is 160 Å². The van der Waals surface area contributed by atoms with Gasteiger partial charge in [-0.1, -0.05) is 15.9 Å². The van der Waals surface area contributed by atoms with Gasteiger partial charge in [-0.05, 0) is 51.8 Å². The van der Waals surface area contributed by atoms with Gasteiger partial charge in [0.1, 0.15) is 5.60 Å². The molecule has 1 aromatic carbocycles. The van der Waals surface area contributed by atoms with Crippen molar-refractivity contribution in [2.75, 3.05) is 0 Å². The third kappa shape index (κ3) is 4.66. The summed E-state index contributed by atoms with van der Waals surface area (Å²) in [5.41, 5.74) is 2.50. The Morgan fingerprint density at radius 3 is 2.73 bits per heavy atom. The number of carbonyl (C=O) groups excluding carboxylic acids is 1. The molecule has 6 nitrogen and oxygen atoms in total. The Morgan fingerprint density at radius 2 is 2.08 bits per heavy atom. The molecule has 0 unspecified atom stereocenters. The van der Waals surface area contributed by atoms with Crippen LogP contribution in [0.15, 0.2) is 35.1 Å². The lowest BCUT2D eigenvalue weighted by atomic mass is 10.0. The number of ether oxygens (including phenoxy) is 1. The van der Waals surface area contributed by atoms with Gasteiger partial charge in [-0.25, -0.2) is 9.78 Å².